The zero-order valence-electron chi connectivity index (χ0n) is 8.22. The summed E-state index contributed by atoms with van der Waals surface area (Å²) in [6.45, 7) is 0. The number of nitrogens with one attached hydrogen (secondary N) is 1. The Morgan fingerprint density at radius 3 is 1.46 bits per heavy atom. The summed E-state index contributed by atoms with van der Waals surface area (Å²) in [5.41, 5.74) is 1.75. The van der Waals surface area contributed by atoms with Gasteiger partial charge in [0.25, 0.3) is 0 Å². The van der Waals surface area contributed by atoms with Crippen LogP contribution in [-0.2, 0) is 0 Å². The Morgan fingerprint density at radius 2 is 1.08 bits per heavy atom. The monoisotopic (exact) mass is 171 g/mol. The highest BCUT2D eigenvalue weighted by Gasteiger charge is 1.89. The Hall–Kier alpha value is -1.76. The van der Waals surface area contributed by atoms with Crippen molar-refractivity contribution in [2.45, 2.75) is 0 Å². The SMILES string of the molecule is [3H]N(c1ccccc1)c1ccccc1. The number of hydrogen-bond acceptors (Lipinski definition) is 1. The smallest absolute Gasteiger partial charge is 0.167 e. The van der Waals surface area contributed by atoms with Gasteiger partial charge in [-0.25, -0.2) is 0 Å². The van der Waals surface area contributed by atoms with Gasteiger partial charge in [0.2, 0.25) is 0 Å². The van der Waals surface area contributed by atoms with Crippen LogP contribution in [0.3, 0.4) is 0 Å². The second-order valence-corrected chi connectivity index (χ2v) is 2.78. The van der Waals surface area contributed by atoms with E-state index in [1.165, 1.54) is 5.31 Å². The summed E-state index contributed by atoms with van der Waals surface area (Å²) in [7, 11) is 0. The molecule has 1 heteroatoms. The topological polar surface area (TPSA) is 12.0 Å². The van der Waals surface area contributed by atoms with E-state index in [1.807, 2.05) is 60.7 Å². The van der Waals surface area contributed by atoms with E-state index in [0.717, 1.165) is 11.4 Å². The summed E-state index contributed by atoms with van der Waals surface area (Å²) in [5, 5.41) is 1.42. The lowest BCUT2D eigenvalue weighted by Crippen LogP contribution is -1.87. The molecule has 0 aromatic heterocycles. The van der Waals surface area contributed by atoms with Gasteiger partial charge in [-0.2, -0.15) is 0 Å². The maximum Gasteiger partial charge on any atom is 0.167 e. The fourth-order valence-corrected chi connectivity index (χ4v) is 1.15. The molecule has 2 rings (SSSR count). The van der Waals surface area contributed by atoms with Gasteiger partial charge < -0.3 is 5.31 Å². The molecule has 0 heterocycles. The van der Waals surface area contributed by atoms with Crippen LogP contribution in [0.4, 0.5) is 11.4 Å². The predicted octanol–water partition coefficient (Wildman–Crippen LogP) is 3.43. The molecule has 1 N–H and O–H groups in total. The summed E-state index contributed by atoms with van der Waals surface area (Å²) in [6, 6.07) is 19.3. The highest BCUT2D eigenvalue weighted by atomic mass is 14.9. The molecule has 0 aliphatic rings. The third-order valence-corrected chi connectivity index (χ3v) is 1.77. The van der Waals surface area contributed by atoms with Crippen molar-refractivity contribution >= 4 is 11.4 Å². The molecular formula is C12H11N. The molecular weight excluding hydrogens is 158 g/mol. The highest BCUT2D eigenvalue weighted by molar-refractivity contribution is 5.58. The maximum absolute atomic E-state index is 7.89. The second-order valence-electron chi connectivity index (χ2n) is 2.78. The molecule has 0 amide bonds. The molecule has 13 heavy (non-hydrogen) atoms. The maximum atomic E-state index is 7.89. The molecule has 2 aromatic carbocycles. The molecule has 0 aliphatic carbocycles. The Morgan fingerprint density at radius 1 is 0.692 bits per heavy atom. The fourth-order valence-electron chi connectivity index (χ4n) is 1.15. The van der Waals surface area contributed by atoms with Crippen molar-refractivity contribution in [2.75, 3.05) is 5.31 Å². The molecule has 0 saturated heterocycles. The van der Waals surface area contributed by atoms with Crippen molar-refractivity contribution in [2.24, 2.45) is 0 Å². The van der Waals surface area contributed by atoms with Gasteiger partial charge in [-0.3, -0.25) is 0 Å². The lowest BCUT2D eigenvalue weighted by molar-refractivity contribution is 1.55. The molecule has 0 saturated carbocycles. The minimum absolute atomic E-state index is 0.874. The predicted molar refractivity (Wildman–Crippen MR) is 56.2 cm³/mol. The highest BCUT2D eigenvalue weighted by Crippen LogP contribution is 2.14. The molecule has 64 valence electrons. The third kappa shape index (κ3) is 2.09. The average Bonchev–Trinajstić information content (AvgIpc) is 2.30. The third-order valence-electron chi connectivity index (χ3n) is 1.77. The first kappa shape index (κ1) is 6.72. The molecule has 2 aromatic rings. The standard InChI is InChI=1S/C12H11N/c1-3-7-11(8-4-1)13-12-9-5-2-6-10-12/h1-10,13H/i/hT. The Bertz CT molecular complexity index is 346. The minimum Gasteiger partial charge on any atom is -0.356 e. The first-order chi connectivity index (χ1) is 6.88. The first-order valence-corrected chi connectivity index (χ1v) is 4.27. The van der Waals surface area contributed by atoms with E-state index in [1.54, 1.807) is 0 Å². The summed E-state index contributed by atoms with van der Waals surface area (Å²) in [6.07, 6.45) is 0. The Balaban J connectivity index is 2.30. The van der Waals surface area contributed by atoms with E-state index in [9.17, 15) is 0 Å². The van der Waals surface area contributed by atoms with Crippen molar-refractivity contribution in [3.63, 3.8) is 0 Å². The quantitative estimate of drug-likeness (QED) is 0.730. The van der Waals surface area contributed by atoms with Crippen LogP contribution in [0.15, 0.2) is 60.7 Å². The van der Waals surface area contributed by atoms with Crippen molar-refractivity contribution in [1.82, 2.24) is 0 Å². The van der Waals surface area contributed by atoms with Gasteiger partial charge in [0.05, 0.1) is 0 Å². The second kappa shape index (κ2) is 3.76. The molecule has 0 bridgehead atoms. The van der Waals surface area contributed by atoms with E-state index < -0.39 is 0 Å². The minimum atomic E-state index is 0.874. The lowest BCUT2D eigenvalue weighted by atomic mass is 10.3. The molecule has 1 nitrogen and oxygen atoms in total. The Kier molecular flexibility index (Phi) is 1.95. The molecule has 0 radical (unpaired) electrons. The summed E-state index contributed by atoms with van der Waals surface area (Å²) < 4.78 is 7.89. The van der Waals surface area contributed by atoms with Gasteiger partial charge >= 0.3 is 0 Å². The van der Waals surface area contributed by atoms with Gasteiger partial charge in [-0.1, -0.05) is 36.4 Å². The number of anilines is 2. The number of hydrogen-bond donors (Lipinski definition) is 1. The van der Waals surface area contributed by atoms with Gasteiger partial charge in [-0.05, 0) is 24.3 Å². The molecule has 0 aliphatic heterocycles. The van der Waals surface area contributed by atoms with Crippen LogP contribution < -0.4 is 5.31 Å². The van der Waals surface area contributed by atoms with Crippen LogP contribution >= 0.6 is 0 Å². The van der Waals surface area contributed by atoms with Crippen LogP contribution in [0, 0.1) is 0 Å². The van der Waals surface area contributed by atoms with E-state index in [4.69, 9.17) is 1.41 Å². The van der Waals surface area contributed by atoms with Crippen LogP contribution in [0.5, 0.6) is 0 Å². The van der Waals surface area contributed by atoms with E-state index in [-0.39, 0.29) is 0 Å². The summed E-state index contributed by atoms with van der Waals surface area (Å²) in [4.78, 5) is 0. The first-order valence-electron chi connectivity index (χ1n) is 4.72. The van der Waals surface area contributed by atoms with E-state index in [2.05, 4.69) is 0 Å². The number of para-hydroxylation sites is 2. The van der Waals surface area contributed by atoms with Crippen molar-refractivity contribution < 1.29 is 1.41 Å². The number of rotatable bonds is 2. The van der Waals surface area contributed by atoms with Crippen molar-refractivity contribution in [3.05, 3.63) is 60.7 Å². The van der Waals surface area contributed by atoms with Crippen molar-refractivity contribution in [1.29, 1.82) is 0 Å². The van der Waals surface area contributed by atoms with Gasteiger partial charge in [0.15, 0.2) is 1.41 Å². The van der Waals surface area contributed by atoms with Gasteiger partial charge in [0.1, 0.15) is 0 Å². The Labute approximate surface area is 79.5 Å². The van der Waals surface area contributed by atoms with Crippen molar-refractivity contribution in [3.8, 4) is 0 Å². The zero-order valence-corrected chi connectivity index (χ0v) is 7.22. The molecule has 0 spiro atoms. The van der Waals surface area contributed by atoms with Crippen LogP contribution in [0.25, 0.3) is 0 Å². The van der Waals surface area contributed by atoms with Crippen LogP contribution in [0.2, 0.25) is 1.41 Å². The molecule has 0 atom stereocenters. The fraction of sp³-hybridized carbons (Fsp3) is 0. The summed E-state index contributed by atoms with van der Waals surface area (Å²) in [5.74, 6) is 0. The van der Waals surface area contributed by atoms with E-state index in [0.29, 0.717) is 0 Å². The number of benzene rings is 2. The van der Waals surface area contributed by atoms with Crippen LogP contribution in [0.1, 0.15) is 0 Å². The summed E-state index contributed by atoms with van der Waals surface area (Å²) >= 11 is 0. The van der Waals surface area contributed by atoms with Crippen LogP contribution in [-0.4, -0.2) is 0 Å². The largest absolute Gasteiger partial charge is 0.356 e. The van der Waals surface area contributed by atoms with Gasteiger partial charge in [0, 0.05) is 11.4 Å². The van der Waals surface area contributed by atoms with E-state index >= 15 is 0 Å². The zero-order chi connectivity index (χ0) is 9.80. The normalized spacial score (nSPS) is 10.6. The van der Waals surface area contributed by atoms with Gasteiger partial charge in [-0.15, -0.1) is 0 Å². The molecule has 0 fully saturated rings. The average molecular weight is 171 g/mol. The molecule has 0 unspecified atom stereocenters. The lowest BCUT2D eigenvalue weighted by Gasteiger charge is -2.04.